The summed E-state index contributed by atoms with van der Waals surface area (Å²) in [5.41, 5.74) is 2.05. The lowest BCUT2D eigenvalue weighted by molar-refractivity contribution is -0.122. The number of aromatic nitrogens is 2. The predicted molar refractivity (Wildman–Crippen MR) is 117 cm³/mol. The number of pyridine rings is 1. The molecule has 6 nitrogen and oxygen atoms in total. The van der Waals surface area contributed by atoms with Crippen LogP contribution in [-0.2, 0) is 4.79 Å². The van der Waals surface area contributed by atoms with E-state index in [1.54, 1.807) is 61.7 Å². The van der Waals surface area contributed by atoms with Gasteiger partial charge in [-0.1, -0.05) is 34.8 Å². The first-order valence-corrected chi connectivity index (χ1v) is 9.98. The van der Waals surface area contributed by atoms with E-state index in [4.69, 9.17) is 44.0 Å². The molecule has 1 atom stereocenters. The average molecular weight is 463 g/mol. The molecule has 0 spiro atoms. The minimum Gasteiger partial charge on any atom is -0.479 e. The topological polar surface area (TPSA) is 77.2 Å². The van der Waals surface area contributed by atoms with Crippen LogP contribution in [0.1, 0.15) is 6.92 Å². The second kappa shape index (κ2) is 8.52. The number of nitrogens with one attached hydrogen (secondary N) is 1. The summed E-state index contributed by atoms with van der Waals surface area (Å²) in [5, 5.41) is 4.01. The number of oxazole rings is 1. The van der Waals surface area contributed by atoms with Crippen LogP contribution in [0.5, 0.6) is 5.75 Å². The Kier molecular flexibility index (Phi) is 5.81. The first-order valence-electron chi connectivity index (χ1n) is 8.85. The Balaban J connectivity index is 1.53. The molecule has 0 radical (unpaired) electrons. The molecular formula is C21H14Cl3N3O3. The Morgan fingerprint density at radius 1 is 1.10 bits per heavy atom. The molecular weight excluding hydrogens is 449 g/mol. The summed E-state index contributed by atoms with van der Waals surface area (Å²) >= 11 is 18.3. The number of carbonyl (C=O) groups is 1. The van der Waals surface area contributed by atoms with Crippen molar-refractivity contribution in [2.75, 3.05) is 5.32 Å². The zero-order valence-corrected chi connectivity index (χ0v) is 17.8. The first kappa shape index (κ1) is 20.5. The molecule has 2 aromatic heterocycles. The van der Waals surface area contributed by atoms with Gasteiger partial charge in [-0.2, -0.15) is 4.98 Å². The van der Waals surface area contributed by atoms with Crippen molar-refractivity contribution in [3.05, 3.63) is 69.8 Å². The number of halogens is 3. The van der Waals surface area contributed by atoms with Crippen molar-refractivity contribution in [2.45, 2.75) is 13.0 Å². The van der Waals surface area contributed by atoms with Gasteiger partial charge < -0.3 is 14.5 Å². The zero-order chi connectivity index (χ0) is 21.3. The van der Waals surface area contributed by atoms with E-state index in [0.29, 0.717) is 49.2 Å². The summed E-state index contributed by atoms with van der Waals surface area (Å²) in [7, 11) is 0. The van der Waals surface area contributed by atoms with Crippen molar-refractivity contribution in [2.24, 2.45) is 0 Å². The van der Waals surface area contributed by atoms with Gasteiger partial charge in [-0.3, -0.25) is 4.79 Å². The number of anilines is 1. The average Bonchev–Trinajstić information content (AvgIpc) is 3.15. The number of benzene rings is 2. The molecule has 1 N–H and O–H groups in total. The smallest absolute Gasteiger partial charge is 0.265 e. The Labute approximate surface area is 186 Å². The Morgan fingerprint density at radius 2 is 1.93 bits per heavy atom. The molecule has 1 amide bonds. The second-order valence-corrected chi connectivity index (χ2v) is 7.61. The quantitative estimate of drug-likeness (QED) is 0.379. The van der Waals surface area contributed by atoms with E-state index >= 15 is 0 Å². The molecule has 0 aliphatic carbocycles. The van der Waals surface area contributed by atoms with Gasteiger partial charge in [0.25, 0.3) is 5.91 Å². The number of nitrogens with zero attached hydrogens (tertiary/aromatic N) is 2. The highest BCUT2D eigenvalue weighted by Crippen LogP contribution is 2.32. The molecule has 0 aliphatic rings. The molecule has 4 rings (SSSR count). The van der Waals surface area contributed by atoms with Crippen LogP contribution in [0.25, 0.3) is 22.7 Å². The van der Waals surface area contributed by atoms with Gasteiger partial charge in [0.2, 0.25) is 5.89 Å². The fourth-order valence-corrected chi connectivity index (χ4v) is 3.36. The lowest BCUT2D eigenvalue weighted by Gasteiger charge is -2.16. The third-order valence-electron chi connectivity index (χ3n) is 4.20. The molecule has 0 saturated heterocycles. The molecule has 0 unspecified atom stereocenters. The fraction of sp³-hybridized carbons (Fsp3) is 0.0952. The molecule has 0 aliphatic heterocycles. The number of hydrogen-bond acceptors (Lipinski definition) is 5. The molecule has 0 saturated carbocycles. The second-order valence-electron chi connectivity index (χ2n) is 6.36. The van der Waals surface area contributed by atoms with Gasteiger partial charge in [-0.25, -0.2) is 4.98 Å². The molecule has 0 bridgehead atoms. The summed E-state index contributed by atoms with van der Waals surface area (Å²) in [6.45, 7) is 1.61. The summed E-state index contributed by atoms with van der Waals surface area (Å²) in [6, 6.07) is 13.3. The molecule has 2 heterocycles. The minimum absolute atomic E-state index is 0.307. The maximum atomic E-state index is 12.6. The zero-order valence-electron chi connectivity index (χ0n) is 15.5. The summed E-state index contributed by atoms with van der Waals surface area (Å²) < 4.78 is 11.4. The van der Waals surface area contributed by atoms with E-state index in [1.807, 2.05) is 0 Å². The van der Waals surface area contributed by atoms with Crippen LogP contribution in [0.15, 0.2) is 59.1 Å². The van der Waals surface area contributed by atoms with Gasteiger partial charge in [-0.05, 0) is 55.5 Å². The van der Waals surface area contributed by atoms with Crippen LogP contribution in [0.3, 0.4) is 0 Å². The van der Waals surface area contributed by atoms with Crippen LogP contribution in [-0.4, -0.2) is 22.0 Å². The van der Waals surface area contributed by atoms with Crippen molar-refractivity contribution >= 4 is 57.6 Å². The maximum Gasteiger partial charge on any atom is 0.265 e. The minimum atomic E-state index is -0.809. The first-order chi connectivity index (χ1) is 14.4. The summed E-state index contributed by atoms with van der Waals surface area (Å²) in [6.07, 6.45) is 0.817. The molecule has 2 aromatic carbocycles. The normalized spacial score (nSPS) is 12.0. The van der Waals surface area contributed by atoms with Crippen molar-refractivity contribution in [1.29, 1.82) is 0 Å². The van der Waals surface area contributed by atoms with Crippen LogP contribution < -0.4 is 10.1 Å². The SMILES string of the molecule is C[C@H](Oc1ccc(Cl)cc1Cl)C(=O)Nc1ccc(Cl)c(-c2nc3ncccc3o2)c1. The van der Waals surface area contributed by atoms with Gasteiger partial charge in [0.15, 0.2) is 17.3 Å². The summed E-state index contributed by atoms with van der Waals surface area (Å²) in [5.74, 6) is 0.301. The van der Waals surface area contributed by atoms with E-state index in [2.05, 4.69) is 15.3 Å². The van der Waals surface area contributed by atoms with E-state index in [0.717, 1.165) is 0 Å². The molecule has 152 valence electrons. The number of ether oxygens (including phenoxy) is 1. The van der Waals surface area contributed by atoms with Gasteiger partial charge in [0.1, 0.15) is 5.75 Å². The predicted octanol–water partition coefficient (Wildman–Crippen LogP) is 6.26. The Hall–Kier alpha value is -2.80. The highest BCUT2D eigenvalue weighted by molar-refractivity contribution is 6.35. The number of rotatable bonds is 5. The number of amides is 1. The highest BCUT2D eigenvalue weighted by atomic mass is 35.5. The van der Waals surface area contributed by atoms with Crippen molar-refractivity contribution in [3.63, 3.8) is 0 Å². The lowest BCUT2D eigenvalue weighted by Crippen LogP contribution is -2.30. The third kappa shape index (κ3) is 4.36. The van der Waals surface area contributed by atoms with E-state index < -0.39 is 6.10 Å². The van der Waals surface area contributed by atoms with Crippen LogP contribution in [0.4, 0.5) is 5.69 Å². The van der Waals surface area contributed by atoms with Gasteiger partial charge in [0, 0.05) is 16.9 Å². The van der Waals surface area contributed by atoms with E-state index in [1.165, 1.54) is 0 Å². The molecule has 0 fully saturated rings. The highest BCUT2D eigenvalue weighted by Gasteiger charge is 2.18. The molecule has 9 heteroatoms. The summed E-state index contributed by atoms with van der Waals surface area (Å²) in [4.78, 5) is 21.1. The maximum absolute atomic E-state index is 12.6. The van der Waals surface area contributed by atoms with E-state index in [9.17, 15) is 4.79 Å². The number of hydrogen-bond donors (Lipinski definition) is 1. The van der Waals surface area contributed by atoms with Gasteiger partial charge >= 0.3 is 0 Å². The van der Waals surface area contributed by atoms with Crippen molar-refractivity contribution in [1.82, 2.24) is 9.97 Å². The molecule has 4 aromatic rings. The lowest BCUT2D eigenvalue weighted by atomic mass is 10.2. The number of fused-ring (bicyclic) bond motifs is 1. The van der Waals surface area contributed by atoms with Crippen LogP contribution >= 0.6 is 34.8 Å². The van der Waals surface area contributed by atoms with Gasteiger partial charge in [0.05, 0.1) is 15.6 Å². The van der Waals surface area contributed by atoms with Crippen LogP contribution in [0.2, 0.25) is 15.1 Å². The fourth-order valence-electron chi connectivity index (χ4n) is 2.71. The standard InChI is InChI=1S/C21H14Cl3N3O3/c1-11(29-17-7-4-12(22)9-16(17)24)20(28)26-13-5-6-15(23)14(10-13)21-27-19-18(30-21)3-2-8-25-19/h2-11H,1H3,(H,26,28)/t11-/m0/s1. The Bertz CT molecular complexity index is 1210. The van der Waals surface area contributed by atoms with E-state index in [-0.39, 0.29) is 5.91 Å². The Morgan fingerprint density at radius 3 is 2.70 bits per heavy atom. The number of carbonyl (C=O) groups excluding carboxylic acids is 1. The molecule has 30 heavy (non-hydrogen) atoms. The van der Waals surface area contributed by atoms with Crippen LogP contribution in [0, 0.1) is 0 Å². The largest absolute Gasteiger partial charge is 0.479 e. The monoisotopic (exact) mass is 461 g/mol. The van der Waals surface area contributed by atoms with Crippen molar-refractivity contribution in [3.8, 4) is 17.2 Å². The van der Waals surface area contributed by atoms with Crippen molar-refractivity contribution < 1.29 is 13.9 Å². The van der Waals surface area contributed by atoms with Gasteiger partial charge in [-0.15, -0.1) is 0 Å². The third-order valence-corrected chi connectivity index (χ3v) is 5.06.